The number of amides is 1. The summed E-state index contributed by atoms with van der Waals surface area (Å²) in [6, 6.07) is 0.705. The van der Waals surface area contributed by atoms with Crippen LogP contribution >= 0.6 is 12.4 Å². The molecule has 0 aromatic heterocycles. The highest BCUT2D eigenvalue weighted by Gasteiger charge is 2.26. The van der Waals surface area contributed by atoms with Gasteiger partial charge in [-0.15, -0.1) is 12.4 Å². The predicted octanol–water partition coefficient (Wildman–Crippen LogP) is 2.37. The van der Waals surface area contributed by atoms with Crippen LogP contribution in [0.3, 0.4) is 0 Å². The molecule has 3 N–H and O–H groups in total. The zero-order valence-electron chi connectivity index (χ0n) is 10.5. The first-order chi connectivity index (χ1) is 7.75. The van der Waals surface area contributed by atoms with Crippen LogP contribution in [0.25, 0.3) is 0 Å². The first-order valence-electron chi connectivity index (χ1n) is 6.80. The maximum Gasteiger partial charge on any atom is 0.220 e. The molecule has 2 fully saturated rings. The van der Waals surface area contributed by atoms with Gasteiger partial charge in [0.2, 0.25) is 5.91 Å². The molecule has 2 rings (SSSR count). The van der Waals surface area contributed by atoms with Crippen molar-refractivity contribution in [3.8, 4) is 0 Å². The number of nitrogens with two attached hydrogens (primary N) is 1. The predicted molar refractivity (Wildman–Crippen MR) is 72.2 cm³/mol. The molecule has 0 heterocycles. The minimum atomic E-state index is 0. The molecular weight excluding hydrogens is 236 g/mol. The maximum atomic E-state index is 11.8. The molecule has 0 unspecified atom stereocenters. The fourth-order valence-electron chi connectivity index (χ4n) is 3.09. The SMILES string of the molecule is Cl.N[C@@H]1CCC[C@H]1CC(=O)NC1CCCCC1. The summed E-state index contributed by atoms with van der Waals surface area (Å²) in [5, 5.41) is 3.17. The number of carbonyl (C=O) groups excluding carboxylic acids is 1. The topological polar surface area (TPSA) is 55.1 Å². The zero-order chi connectivity index (χ0) is 11.4. The highest BCUT2D eigenvalue weighted by Crippen LogP contribution is 2.27. The number of rotatable bonds is 3. The summed E-state index contributed by atoms with van der Waals surface area (Å²) < 4.78 is 0. The summed E-state index contributed by atoms with van der Waals surface area (Å²) in [5.74, 6) is 0.665. The van der Waals surface area contributed by atoms with Gasteiger partial charge < -0.3 is 11.1 Å². The minimum absolute atomic E-state index is 0. The summed E-state index contributed by atoms with van der Waals surface area (Å²) in [7, 11) is 0. The van der Waals surface area contributed by atoms with Crippen LogP contribution in [0, 0.1) is 5.92 Å². The van der Waals surface area contributed by atoms with Crippen molar-refractivity contribution in [2.75, 3.05) is 0 Å². The minimum Gasteiger partial charge on any atom is -0.353 e. The third-order valence-corrected chi connectivity index (χ3v) is 4.14. The van der Waals surface area contributed by atoms with Crippen LogP contribution in [0.1, 0.15) is 57.8 Å². The molecule has 4 heteroatoms. The average Bonchev–Trinajstić information content (AvgIpc) is 2.66. The van der Waals surface area contributed by atoms with Crippen LogP contribution < -0.4 is 11.1 Å². The monoisotopic (exact) mass is 260 g/mol. The van der Waals surface area contributed by atoms with Crippen LogP contribution in [0.5, 0.6) is 0 Å². The van der Waals surface area contributed by atoms with Crippen molar-refractivity contribution < 1.29 is 4.79 Å². The summed E-state index contributed by atoms with van der Waals surface area (Å²) in [4.78, 5) is 11.8. The maximum absolute atomic E-state index is 11.8. The molecule has 1 amide bonds. The second-order valence-electron chi connectivity index (χ2n) is 5.46. The Kier molecular flexibility index (Phi) is 6.28. The van der Waals surface area contributed by atoms with E-state index in [-0.39, 0.29) is 24.4 Å². The van der Waals surface area contributed by atoms with Gasteiger partial charge in [-0.1, -0.05) is 25.7 Å². The Balaban J connectivity index is 0.00000144. The number of nitrogens with one attached hydrogen (secondary N) is 1. The van der Waals surface area contributed by atoms with Gasteiger partial charge >= 0.3 is 0 Å². The van der Waals surface area contributed by atoms with Gasteiger partial charge in [-0.05, 0) is 31.6 Å². The van der Waals surface area contributed by atoms with Crippen molar-refractivity contribution in [2.24, 2.45) is 11.7 Å². The van der Waals surface area contributed by atoms with E-state index in [1.54, 1.807) is 0 Å². The first kappa shape index (κ1) is 14.8. The van der Waals surface area contributed by atoms with Crippen molar-refractivity contribution in [1.29, 1.82) is 0 Å². The largest absolute Gasteiger partial charge is 0.353 e. The van der Waals surface area contributed by atoms with E-state index in [0.717, 1.165) is 12.8 Å². The van der Waals surface area contributed by atoms with Crippen LogP contribution in [0.15, 0.2) is 0 Å². The van der Waals surface area contributed by atoms with Crippen molar-refractivity contribution in [2.45, 2.75) is 69.9 Å². The molecule has 0 spiro atoms. The fourth-order valence-corrected chi connectivity index (χ4v) is 3.09. The quantitative estimate of drug-likeness (QED) is 0.819. The van der Waals surface area contributed by atoms with E-state index in [9.17, 15) is 4.79 Å². The van der Waals surface area contributed by atoms with Crippen molar-refractivity contribution in [1.82, 2.24) is 5.32 Å². The molecule has 0 aromatic rings. The summed E-state index contributed by atoms with van der Waals surface area (Å²) in [6.45, 7) is 0. The third-order valence-electron chi connectivity index (χ3n) is 4.14. The number of carbonyl (C=O) groups is 1. The highest BCUT2D eigenvalue weighted by molar-refractivity contribution is 5.85. The summed E-state index contributed by atoms with van der Waals surface area (Å²) in [5.41, 5.74) is 5.98. The van der Waals surface area contributed by atoms with Crippen molar-refractivity contribution in [3.63, 3.8) is 0 Å². The fraction of sp³-hybridized carbons (Fsp3) is 0.923. The second kappa shape index (κ2) is 7.22. The Morgan fingerprint density at radius 1 is 1.06 bits per heavy atom. The van der Waals surface area contributed by atoms with E-state index in [0.29, 0.717) is 18.4 Å². The third kappa shape index (κ3) is 4.47. The Morgan fingerprint density at radius 3 is 2.35 bits per heavy atom. The van der Waals surface area contributed by atoms with Gasteiger partial charge in [-0.2, -0.15) is 0 Å². The van der Waals surface area contributed by atoms with Crippen LogP contribution in [0.4, 0.5) is 0 Å². The molecule has 17 heavy (non-hydrogen) atoms. The smallest absolute Gasteiger partial charge is 0.220 e. The van der Waals surface area contributed by atoms with E-state index in [1.807, 2.05) is 0 Å². The van der Waals surface area contributed by atoms with Gasteiger partial charge in [-0.3, -0.25) is 4.79 Å². The lowest BCUT2D eigenvalue weighted by molar-refractivity contribution is -0.123. The van der Waals surface area contributed by atoms with Gasteiger partial charge in [0.15, 0.2) is 0 Å². The summed E-state index contributed by atoms with van der Waals surface area (Å²) >= 11 is 0. The summed E-state index contributed by atoms with van der Waals surface area (Å²) in [6.07, 6.45) is 10.3. The van der Waals surface area contributed by atoms with E-state index < -0.39 is 0 Å². The molecule has 0 bridgehead atoms. The normalized spacial score (nSPS) is 29.7. The molecule has 2 atom stereocenters. The van der Waals surface area contributed by atoms with E-state index >= 15 is 0 Å². The van der Waals surface area contributed by atoms with Gasteiger partial charge in [0.25, 0.3) is 0 Å². The van der Waals surface area contributed by atoms with Crippen molar-refractivity contribution >= 4 is 18.3 Å². The van der Waals surface area contributed by atoms with E-state index in [2.05, 4.69) is 5.32 Å². The molecule has 0 radical (unpaired) electrons. The molecule has 0 aromatic carbocycles. The number of hydrogen-bond acceptors (Lipinski definition) is 2. The van der Waals surface area contributed by atoms with E-state index in [1.165, 1.54) is 38.5 Å². The first-order valence-corrected chi connectivity index (χ1v) is 6.80. The lowest BCUT2D eigenvalue weighted by Crippen LogP contribution is -2.38. The van der Waals surface area contributed by atoms with Crippen LogP contribution in [-0.2, 0) is 4.79 Å². The standard InChI is InChI=1S/C13H24N2O.ClH/c14-12-8-4-5-10(12)9-13(16)15-11-6-2-1-3-7-11;/h10-12H,1-9,14H2,(H,15,16);1H/t10-,12+;/m0./s1. The number of hydrogen-bond donors (Lipinski definition) is 2. The molecule has 2 aliphatic carbocycles. The van der Waals surface area contributed by atoms with E-state index in [4.69, 9.17) is 5.73 Å². The van der Waals surface area contributed by atoms with Gasteiger partial charge in [0, 0.05) is 18.5 Å². The average molecular weight is 261 g/mol. The molecular formula is C13H25ClN2O. The Labute approximate surface area is 110 Å². The molecule has 100 valence electrons. The molecule has 0 aliphatic heterocycles. The molecule has 3 nitrogen and oxygen atoms in total. The van der Waals surface area contributed by atoms with Gasteiger partial charge in [-0.25, -0.2) is 0 Å². The second-order valence-corrected chi connectivity index (χ2v) is 5.46. The highest BCUT2D eigenvalue weighted by atomic mass is 35.5. The van der Waals surface area contributed by atoms with Gasteiger partial charge in [0.05, 0.1) is 0 Å². The zero-order valence-corrected chi connectivity index (χ0v) is 11.3. The Bertz CT molecular complexity index is 242. The Hall–Kier alpha value is -0.280. The lowest BCUT2D eigenvalue weighted by Gasteiger charge is -2.24. The molecule has 2 saturated carbocycles. The molecule has 0 saturated heterocycles. The lowest BCUT2D eigenvalue weighted by atomic mass is 9.94. The van der Waals surface area contributed by atoms with Crippen LogP contribution in [0.2, 0.25) is 0 Å². The molecule has 2 aliphatic rings. The Morgan fingerprint density at radius 2 is 1.76 bits per heavy atom. The van der Waals surface area contributed by atoms with Gasteiger partial charge in [0.1, 0.15) is 0 Å². The number of halogens is 1. The van der Waals surface area contributed by atoms with Crippen LogP contribution in [-0.4, -0.2) is 18.0 Å². The van der Waals surface area contributed by atoms with Crippen molar-refractivity contribution in [3.05, 3.63) is 0 Å².